The van der Waals surface area contributed by atoms with Gasteiger partial charge in [0.2, 0.25) is 0 Å². The summed E-state index contributed by atoms with van der Waals surface area (Å²) in [5.41, 5.74) is 1.27. The van der Waals surface area contributed by atoms with Crippen molar-refractivity contribution in [2.24, 2.45) is 9.98 Å². The fourth-order valence-electron chi connectivity index (χ4n) is 1.11. The minimum Gasteiger partial charge on any atom is -0.267 e. The van der Waals surface area contributed by atoms with Crippen LogP contribution in [0.25, 0.3) is 0 Å². The van der Waals surface area contributed by atoms with Gasteiger partial charge in [-0.1, -0.05) is 17.7 Å². The fourth-order valence-corrected chi connectivity index (χ4v) is 1.30. The smallest absolute Gasteiger partial charge is 0.267 e. The molecule has 4 heteroatoms. The normalized spacial score (nSPS) is 21.1. The van der Waals surface area contributed by atoms with Gasteiger partial charge in [0.05, 0.1) is 11.3 Å². The highest BCUT2D eigenvalue weighted by Gasteiger charge is 2.20. The van der Waals surface area contributed by atoms with Crippen LogP contribution in [0.2, 0.25) is 0 Å². The minimum atomic E-state index is -0.258. The van der Waals surface area contributed by atoms with Crippen molar-refractivity contribution in [3.05, 3.63) is 22.8 Å². The number of nitrogens with zero attached hydrogens (tertiary/aromatic N) is 2. The van der Waals surface area contributed by atoms with E-state index in [9.17, 15) is 4.79 Å². The summed E-state index contributed by atoms with van der Waals surface area (Å²) >= 11 is 5.73. The van der Waals surface area contributed by atoms with Crippen molar-refractivity contribution < 1.29 is 4.79 Å². The Morgan fingerprint density at radius 2 is 2.33 bits per heavy atom. The molecule has 12 heavy (non-hydrogen) atoms. The first-order chi connectivity index (χ1) is 5.77. The molecule has 0 atom stereocenters. The van der Waals surface area contributed by atoms with Crippen LogP contribution in [0, 0.1) is 0 Å². The first-order valence-corrected chi connectivity index (χ1v) is 3.86. The van der Waals surface area contributed by atoms with Crippen molar-refractivity contribution in [3.8, 4) is 0 Å². The molecule has 0 saturated heterocycles. The molecule has 1 heterocycles. The van der Waals surface area contributed by atoms with E-state index in [1.54, 1.807) is 6.08 Å². The zero-order valence-electron chi connectivity index (χ0n) is 6.12. The molecule has 1 amide bonds. The largest absolute Gasteiger partial charge is 0.280 e. The van der Waals surface area contributed by atoms with E-state index in [1.807, 2.05) is 6.08 Å². The molecule has 2 rings (SSSR count). The highest BCUT2D eigenvalue weighted by Crippen LogP contribution is 2.20. The van der Waals surface area contributed by atoms with E-state index >= 15 is 0 Å². The molecule has 0 fully saturated rings. The number of aliphatic imine (C=N–C) groups is 2. The van der Waals surface area contributed by atoms with Crippen LogP contribution in [-0.4, -0.2) is 18.0 Å². The molecule has 2 aliphatic rings. The molecule has 60 valence electrons. The Bertz CT molecular complexity index is 363. The Hall–Kier alpha value is -1.22. The predicted octanol–water partition coefficient (Wildman–Crippen LogP) is 1.45. The molecule has 0 N–H and O–H groups in total. The lowest BCUT2D eigenvalue weighted by atomic mass is 10.0. The molecule has 3 nitrogen and oxygen atoms in total. The molecular formula is C8H5ClN2O. The molecule has 0 aromatic heterocycles. The highest BCUT2D eigenvalue weighted by atomic mass is 35.5. The Morgan fingerprint density at radius 3 is 3.17 bits per heavy atom. The van der Waals surface area contributed by atoms with Crippen LogP contribution in [0.5, 0.6) is 0 Å². The van der Waals surface area contributed by atoms with Crippen LogP contribution < -0.4 is 0 Å². The van der Waals surface area contributed by atoms with E-state index in [2.05, 4.69) is 9.98 Å². The lowest BCUT2D eigenvalue weighted by Crippen LogP contribution is -2.17. The summed E-state index contributed by atoms with van der Waals surface area (Å²) in [7, 11) is 0. The van der Waals surface area contributed by atoms with Gasteiger partial charge in [-0.2, -0.15) is 4.99 Å². The average molecular weight is 181 g/mol. The van der Waals surface area contributed by atoms with Crippen molar-refractivity contribution in [3.63, 3.8) is 0 Å². The molecule has 1 aliphatic carbocycles. The van der Waals surface area contributed by atoms with Crippen LogP contribution in [0.4, 0.5) is 0 Å². The van der Waals surface area contributed by atoms with Crippen molar-refractivity contribution in [2.45, 2.75) is 6.42 Å². The summed E-state index contributed by atoms with van der Waals surface area (Å²) in [4.78, 5) is 18.7. The van der Waals surface area contributed by atoms with E-state index < -0.39 is 0 Å². The average Bonchev–Trinajstić information content (AvgIpc) is 2.07. The molecule has 1 aliphatic heterocycles. The van der Waals surface area contributed by atoms with Crippen LogP contribution in [0.1, 0.15) is 6.42 Å². The number of carbonyl (C=O) groups excluding carboxylic acids is 1. The zero-order valence-corrected chi connectivity index (χ0v) is 6.88. The van der Waals surface area contributed by atoms with Gasteiger partial charge in [-0.15, -0.1) is 0 Å². The molecule has 0 radical (unpaired) electrons. The SMILES string of the molecule is O=C1N=CN=C2CC=C(Cl)C=C12. The number of hydrogen-bond acceptors (Lipinski definition) is 2. The van der Waals surface area contributed by atoms with Gasteiger partial charge in [0.1, 0.15) is 6.34 Å². The number of carbonyl (C=O) groups is 1. The molecule has 0 bridgehead atoms. The van der Waals surface area contributed by atoms with Gasteiger partial charge in [0.25, 0.3) is 5.91 Å². The van der Waals surface area contributed by atoms with Crippen LogP contribution in [0.15, 0.2) is 32.7 Å². The monoisotopic (exact) mass is 180 g/mol. The summed E-state index contributed by atoms with van der Waals surface area (Å²) in [6, 6.07) is 0. The standard InChI is InChI=1S/C8H5ClN2O/c9-5-1-2-7-6(3-5)8(12)11-4-10-7/h1,3-4H,2H2. The lowest BCUT2D eigenvalue weighted by Gasteiger charge is -2.11. The molecule has 0 saturated carbocycles. The quantitative estimate of drug-likeness (QED) is 0.556. The Balaban J connectivity index is 2.47. The Kier molecular flexibility index (Phi) is 1.66. The second kappa shape index (κ2) is 2.68. The first kappa shape index (κ1) is 7.43. The minimum absolute atomic E-state index is 0.258. The number of allylic oxidation sites excluding steroid dienone is 3. The van der Waals surface area contributed by atoms with Gasteiger partial charge in [0, 0.05) is 11.5 Å². The maximum Gasteiger partial charge on any atom is 0.280 e. The lowest BCUT2D eigenvalue weighted by molar-refractivity contribution is -0.113. The number of halogens is 1. The Morgan fingerprint density at radius 1 is 1.50 bits per heavy atom. The van der Waals surface area contributed by atoms with Crippen molar-refractivity contribution in [1.29, 1.82) is 0 Å². The number of hydrogen-bond donors (Lipinski definition) is 0. The maximum absolute atomic E-state index is 11.1. The van der Waals surface area contributed by atoms with E-state index in [1.165, 1.54) is 6.34 Å². The molecular weight excluding hydrogens is 176 g/mol. The summed E-state index contributed by atoms with van der Waals surface area (Å²) in [6.45, 7) is 0. The van der Waals surface area contributed by atoms with E-state index in [4.69, 9.17) is 11.6 Å². The molecule has 0 aromatic carbocycles. The van der Waals surface area contributed by atoms with E-state index in [-0.39, 0.29) is 5.91 Å². The molecule has 0 spiro atoms. The van der Waals surface area contributed by atoms with Crippen LogP contribution >= 0.6 is 11.6 Å². The molecule has 0 unspecified atom stereocenters. The summed E-state index contributed by atoms with van der Waals surface area (Å²) in [5.74, 6) is -0.258. The van der Waals surface area contributed by atoms with Crippen molar-refractivity contribution in [1.82, 2.24) is 0 Å². The number of amides is 1. The third-order valence-corrected chi connectivity index (χ3v) is 1.97. The van der Waals surface area contributed by atoms with Gasteiger partial charge in [0.15, 0.2) is 0 Å². The van der Waals surface area contributed by atoms with Gasteiger partial charge < -0.3 is 0 Å². The Labute approximate surface area is 74.2 Å². The van der Waals surface area contributed by atoms with Gasteiger partial charge in [-0.3, -0.25) is 4.79 Å². The topological polar surface area (TPSA) is 41.8 Å². The van der Waals surface area contributed by atoms with Crippen molar-refractivity contribution >= 4 is 29.6 Å². The summed E-state index contributed by atoms with van der Waals surface area (Å²) < 4.78 is 0. The third kappa shape index (κ3) is 1.12. The zero-order chi connectivity index (χ0) is 8.55. The third-order valence-electron chi connectivity index (χ3n) is 1.70. The second-order valence-corrected chi connectivity index (χ2v) is 2.91. The second-order valence-electron chi connectivity index (χ2n) is 2.48. The fraction of sp³-hybridized carbons (Fsp3) is 0.125. The predicted molar refractivity (Wildman–Crippen MR) is 47.6 cm³/mol. The van der Waals surface area contributed by atoms with E-state index in [0.29, 0.717) is 17.0 Å². The summed E-state index contributed by atoms with van der Waals surface area (Å²) in [6.07, 6.45) is 5.31. The number of rotatable bonds is 0. The number of fused-ring (bicyclic) bond motifs is 1. The van der Waals surface area contributed by atoms with Crippen LogP contribution in [0.3, 0.4) is 0 Å². The molecule has 0 aromatic rings. The van der Waals surface area contributed by atoms with Crippen LogP contribution in [-0.2, 0) is 4.79 Å². The first-order valence-electron chi connectivity index (χ1n) is 3.48. The van der Waals surface area contributed by atoms with Gasteiger partial charge in [-0.25, -0.2) is 4.99 Å². The maximum atomic E-state index is 11.1. The van der Waals surface area contributed by atoms with Gasteiger partial charge in [-0.05, 0) is 6.08 Å². The highest BCUT2D eigenvalue weighted by molar-refractivity contribution is 6.35. The van der Waals surface area contributed by atoms with Crippen molar-refractivity contribution in [2.75, 3.05) is 0 Å². The van der Waals surface area contributed by atoms with Gasteiger partial charge >= 0.3 is 0 Å². The van der Waals surface area contributed by atoms with E-state index in [0.717, 1.165) is 5.71 Å². The summed E-state index contributed by atoms with van der Waals surface area (Å²) in [5, 5.41) is 0.578.